The van der Waals surface area contributed by atoms with Gasteiger partial charge in [0.05, 0.1) is 12.2 Å². The Morgan fingerprint density at radius 2 is 1.76 bits per heavy atom. The van der Waals surface area contributed by atoms with E-state index >= 15 is 0 Å². The fraction of sp³-hybridized carbons (Fsp3) is 0.594. The summed E-state index contributed by atoms with van der Waals surface area (Å²) in [6.45, 7) is 17.5. The lowest BCUT2D eigenvalue weighted by atomic mass is 9.88. The fourth-order valence-electron chi connectivity index (χ4n) is 6.81. The molecule has 9 heteroatoms. The molecular formula is C32H45FN6O2. The number of carbonyl (C=O) groups is 2. The maximum Gasteiger partial charge on any atom is 0.241 e. The molecule has 1 N–H and O–H groups in total. The van der Waals surface area contributed by atoms with Crippen LogP contribution in [0.15, 0.2) is 36.5 Å². The van der Waals surface area contributed by atoms with Gasteiger partial charge in [0.1, 0.15) is 5.82 Å². The van der Waals surface area contributed by atoms with E-state index in [1.807, 2.05) is 22.1 Å². The molecule has 4 atom stereocenters. The molecule has 2 fully saturated rings. The summed E-state index contributed by atoms with van der Waals surface area (Å²) in [6, 6.07) is 9.57. The first-order chi connectivity index (χ1) is 19.4. The fourth-order valence-corrected chi connectivity index (χ4v) is 6.81. The number of hydrogen-bond acceptors (Lipinski definition) is 6. The molecule has 3 aliphatic heterocycles. The minimum atomic E-state index is -0.253. The second kappa shape index (κ2) is 11.8. The lowest BCUT2D eigenvalue weighted by molar-refractivity contribution is -0.133. The third-order valence-corrected chi connectivity index (χ3v) is 9.15. The van der Waals surface area contributed by atoms with Gasteiger partial charge in [0.2, 0.25) is 11.8 Å². The van der Waals surface area contributed by atoms with Crippen LogP contribution >= 0.6 is 0 Å². The molecule has 2 saturated heterocycles. The van der Waals surface area contributed by atoms with Gasteiger partial charge >= 0.3 is 0 Å². The number of hydrogen-bond donors (Lipinski definition) is 1. The molecule has 1 aromatic carbocycles. The van der Waals surface area contributed by atoms with Gasteiger partial charge in [-0.1, -0.05) is 26.0 Å². The van der Waals surface area contributed by atoms with Crippen LogP contribution in [0.4, 0.5) is 10.1 Å². The topological polar surface area (TPSA) is 72.0 Å². The monoisotopic (exact) mass is 564 g/mol. The van der Waals surface area contributed by atoms with E-state index in [0.717, 1.165) is 55.2 Å². The number of nitrogens with one attached hydrogen (secondary N) is 1. The van der Waals surface area contributed by atoms with Gasteiger partial charge in [0.15, 0.2) is 0 Å². The van der Waals surface area contributed by atoms with Crippen LogP contribution in [-0.2, 0) is 21.4 Å². The van der Waals surface area contributed by atoms with E-state index in [2.05, 4.69) is 49.7 Å². The van der Waals surface area contributed by atoms with Gasteiger partial charge in [-0.25, -0.2) is 4.39 Å². The van der Waals surface area contributed by atoms with E-state index in [1.54, 1.807) is 19.1 Å². The summed E-state index contributed by atoms with van der Waals surface area (Å²) in [5.74, 6) is -0.0112. The first-order valence-corrected chi connectivity index (χ1v) is 14.9. The van der Waals surface area contributed by atoms with Gasteiger partial charge in [-0.2, -0.15) is 0 Å². The maximum atomic E-state index is 14.0. The molecule has 0 saturated carbocycles. The number of pyridine rings is 1. The average molecular weight is 565 g/mol. The molecule has 222 valence electrons. The van der Waals surface area contributed by atoms with Crippen molar-refractivity contribution in [2.45, 2.75) is 77.5 Å². The Labute approximate surface area is 243 Å². The molecule has 0 spiro atoms. The lowest BCUT2D eigenvalue weighted by Gasteiger charge is -2.48. The minimum Gasteiger partial charge on any atom is -0.340 e. The van der Waals surface area contributed by atoms with Gasteiger partial charge in [-0.15, -0.1) is 0 Å². The van der Waals surface area contributed by atoms with Crippen molar-refractivity contribution in [2.24, 2.45) is 0 Å². The summed E-state index contributed by atoms with van der Waals surface area (Å²) in [7, 11) is 0. The average Bonchev–Trinajstić information content (AvgIpc) is 3.18. The van der Waals surface area contributed by atoms with Crippen molar-refractivity contribution in [3.8, 4) is 0 Å². The van der Waals surface area contributed by atoms with E-state index in [0.29, 0.717) is 25.6 Å². The second-order valence-electron chi connectivity index (χ2n) is 13.1. The van der Waals surface area contributed by atoms with Gasteiger partial charge < -0.3 is 15.1 Å². The minimum absolute atomic E-state index is 0.109. The van der Waals surface area contributed by atoms with Gasteiger partial charge in [0.25, 0.3) is 0 Å². The van der Waals surface area contributed by atoms with Crippen molar-refractivity contribution in [1.29, 1.82) is 0 Å². The number of amides is 2. The molecule has 5 rings (SSSR count). The summed E-state index contributed by atoms with van der Waals surface area (Å²) in [6.07, 6.45) is 2.50. The Bertz CT molecular complexity index is 1260. The zero-order valence-electron chi connectivity index (χ0n) is 25.4. The summed E-state index contributed by atoms with van der Waals surface area (Å²) < 4.78 is 13.4. The highest BCUT2D eigenvalue weighted by Gasteiger charge is 2.41. The standard InChI is InChI=1S/C32H45FN6O2/c1-21-15-37(28(13-34-21)18-38-22(2)16-36(24(4)40)17-23(38)3)19-31(41)39-20-32(5,6)29-14-35-27(12-30(29)39)11-25-7-9-26(33)10-8-25/h7-10,12,14,21-23,28,34H,11,13,15-20H2,1-6H3/t21-,22-,23-,28-/m1/s1. The van der Waals surface area contributed by atoms with Crippen molar-refractivity contribution < 1.29 is 14.0 Å². The number of piperazine rings is 2. The molecule has 0 aliphatic carbocycles. The van der Waals surface area contributed by atoms with Crippen molar-refractivity contribution >= 4 is 17.5 Å². The van der Waals surface area contributed by atoms with E-state index in [-0.39, 0.29) is 41.2 Å². The number of rotatable bonds is 6. The summed E-state index contributed by atoms with van der Waals surface area (Å²) in [4.78, 5) is 39.5. The number of anilines is 1. The predicted molar refractivity (Wildman–Crippen MR) is 160 cm³/mol. The van der Waals surface area contributed by atoms with Crippen LogP contribution in [0.3, 0.4) is 0 Å². The lowest BCUT2D eigenvalue weighted by Crippen LogP contribution is -2.65. The molecule has 2 amide bonds. The van der Waals surface area contributed by atoms with Crippen molar-refractivity contribution in [2.75, 3.05) is 50.7 Å². The largest absolute Gasteiger partial charge is 0.340 e. The predicted octanol–water partition coefficient (Wildman–Crippen LogP) is 3.04. The first kappa shape index (κ1) is 29.6. The van der Waals surface area contributed by atoms with Gasteiger partial charge in [-0.05, 0) is 44.5 Å². The van der Waals surface area contributed by atoms with Crippen molar-refractivity contribution in [3.05, 3.63) is 59.2 Å². The summed E-state index contributed by atoms with van der Waals surface area (Å²) in [5, 5.41) is 3.62. The molecule has 41 heavy (non-hydrogen) atoms. The molecule has 0 radical (unpaired) electrons. The molecule has 2 aromatic rings. The zero-order valence-corrected chi connectivity index (χ0v) is 25.4. The highest BCUT2D eigenvalue weighted by molar-refractivity contribution is 5.97. The molecule has 1 aromatic heterocycles. The van der Waals surface area contributed by atoms with Crippen LogP contribution in [0.2, 0.25) is 0 Å². The van der Waals surface area contributed by atoms with Crippen LogP contribution in [-0.4, -0.2) is 101 Å². The molecule has 0 unspecified atom stereocenters. The Balaban J connectivity index is 1.31. The maximum absolute atomic E-state index is 14.0. The Morgan fingerprint density at radius 3 is 2.41 bits per heavy atom. The first-order valence-electron chi connectivity index (χ1n) is 14.9. The quantitative estimate of drug-likeness (QED) is 0.582. The molecule has 0 bridgehead atoms. The van der Waals surface area contributed by atoms with E-state index < -0.39 is 0 Å². The molecule has 4 heterocycles. The number of aromatic nitrogens is 1. The van der Waals surface area contributed by atoms with Gasteiger partial charge in [-0.3, -0.25) is 24.4 Å². The van der Waals surface area contributed by atoms with Crippen molar-refractivity contribution in [1.82, 2.24) is 25.0 Å². The Kier molecular flexibility index (Phi) is 8.51. The summed E-state index contributed by atoms with van der Waals surface area (Å²) in [5.41, 5.74) is 3.69. The number of carbonyl (C=O) groups excluding carboxylic acids is 2. The molecular weight excluding hydrogens is 519 g/mol. The van der Waals surface area contributed by atoms with Crippen LogP contribution in [0, 0.1) is 5.82 Å². The van der Waals surface area contributed by atoms with Crippen LogP contribution in [0.1, 0.15) is 58.4 Å². The Hall–Kier alpha value is -2.88. The van der Waals surface area contributed by atoms with E-state index in [4.69, 9.17) is 4.98 Å². The smallest absolute Gasteiger partial charge is 0.241 e. The SMILES string of the molecule is CC(=O)N1C[C@@H](C)N(C[C@H]2CN[C@H](C)CN2CC(=O)N2CC(C)(C)c3cnc(Cc4ccc(F)cc4)cc32)[C@H](C)C1. The van der Waals surface area contributed by atoms with Crippen molar-refractivity contribution in [3.63, 3.8) is 0 Å². The number of fused-ring (bicyclic) bond motifs is 1. The third kappa shape index (κ3) is 6.47. The number of halogens is 1. The Morgan fingerprint density at radius 1 is 1.07 bits per heavy atom. The highest BCUT2D eigenvalue weighted by Crippen LogP contribution is 2.40. The highest BCUT2D eigenvalue weighted by atomic mass is 19.1. The van der Waals surface area contributed by atoms with E-state index in [9.17, 15) is 14.0 Å². The molecule has 3 aliphatic rings. The van der Waals surface area contributed by atoms with Crippen LogP contribution in [0.5, 0.6) is 0 Å². The molecule has 8 nitrogen and oxygen atoms in total. The van der Waals surface area contributed by atoms with Crippen LogP contribution in [0.25, 0.3) is 0 Å². The van der Waals surface area contributed by atoms with E-state index in [1.165, 1.54) is 12.1 Å². The van der Waals surface area contributed by atoms with Gasteiger partial charge in [0, 0.05) is 99.6 Å². The number of nitrogens with zero attached hydrogens (tertiary/aromatic N) is 5. The number of benzene rings is 1. The second-order valence-corrected chi connectivity index (χ2v) is 13.1. The normalized spacial score (nSPS) is 26.7. The van der Waals surface area contributed by atoms with Crippen LogP contribution < -0.4 is 10.2 Å². The zero-order chi connectivity index (χ0) is 29.5. The third-order valence-electron chi connectivity index (χ3n) is 9.15. The summed E-state index contributed by atoms with van der Waals surface area (Å²) >= 11 is 0.